The Kier molecular flexibility index (Phi) is 4.33. The number of carboxylic acid groups (broad SMARTS) is 1. The lowest BCUT2D eigenvalue weighted by Gasteiger charge is -2.16. The number of halogens is 2. The lowest BCUT2D eigenvalue weighted by molar-refractivity contribution is 0.0696. The summed E-state index contributed by atoms with van der Waals surface area (Å²) in [6, 6.07) is 9.25. The average Bonchev–Trinajstić information content (AvgIpc) is 3.40. The normalized spacial score (nSPS) is 19.2. The molecule has 0 bridgehead atoms. The second-order valence-corrected chi connectivity index (χ2v) is 8.56. The van der Waals surface area contributed by atoms with Gasteiger partial charge in [-0.05, 0) is 67.5 Å². The van der Waals surface area contributed by atoms with Crippen molar-refractivity contribution in [1.82, 2.24) is 4.57 Å². The highest BCUT2D eigenvalue weighted by Gasteiger charge is 2.46. The van der Waals surface area contributed by atoms with E-state index in [0.29, 0.717) is 28.0 Å². The molecule has 4 nitrogen and oxygen atoms in total. The van der Waals surface area contributed by atoms with E-state index in [1.54, 1.807) is 16.8 Å². The van der Waals surface area contributed by atoms with E-state index in [-0.39, 0.29) is 17.0 Å². The molecule has 1 heterocycles. The topological polar surface area (TPSA) is 59.3 Å². The number of aromatic carboxylic acids is 1. The van der Waals surface area contributed by atoms with Crippen LogP contribution in [0.4, 0.5) is 4.39 Å². The van der Waals surface area contributed by atoms with E-state index in [4.69, 9.17) is 16.7 Å². The zero-order valence-electron chi connectivity index (χ0n) is 16.3. The molecule has 1 fully saturated rings. The summed E-state index contributed by atoms with van der Waals surface area (Å²) in [6.45, 7) is 1.85. The number of hydrogen-bond donors (Lipinski definition) is 1. The maximum atomic E-state index is 14.9. The van der Waals surface area contributed by atoms with Crippen LogP contribution in [-0.4, -0.2) is 21.4 Å². The van der Waals surface area contributed by atoms with Crippen LogP contribution in [0, 0.1) is 18.7 Å². The number of hydrogen-bond acceptors (Lipinski definition) is 2. The SMILES string of the molecule is Cc1cccc(Cl)c1C(=O)c1cn(-c2ccc(C(=O)O)cc2F)c2c1CCC1CC21. The van der Waals surface area contributed by atoms with E-state index in [1.165, 1.54) is 12.1 Å². The van der Waals surface area contributed by atoms with Gasteiger partial charge in [-0.1, -0.05) is 23.7 Å². The van der Waals surface area contributed by atoms with Crippen LogP contribution in [0.5, 0.6) is 0 Å². The van der Waals surface area contributed by atoms with Gasteiger partial charge in [0.2, 0.25) is 0 Å². The van der Waals surface area contributed by atoms with Gasteiger partial charge in [0, 0.05) is 28.9 Å². The van der Waals surface area contributed by atoms with Crippen molar-refractivity contribution in [2.24, 2.45) is 5.92 Å². The Labute approximate surface area is 177 Å². The zero-order chi connectivity index (χ0) is 21.2. The fourth-order valence-electron chi connectivity index (χ4n) is 4.74. The Morgan fingerprint density at radius 3 is 2.73 bits per heavy atom. The van der Waals surface area contributed by atoms with Crippen molar-refractivity contribution < 1.29 is 19.1 Å². The molecule has 30 heavy (non-hydrogen) atoms. The first-order valence-electron chi connectivity index (χ1n) is 9.94. The van der Waals surface area contributed by atoms with Crippen molar-refractivity contribution in [3.05, 3.63) is 86.9 Å². The maximum Gasteiger partial charge on any atom is 0.335 e. The van der Waals surface area contributed by atoms with Crippen LogP contribution in [0.15, 0.2) is 42.6 Å². The third kappa shape index (κ3) is 2.88. The summed E-state index contributed by atoms with van der Waals surface area (Å²) in [5, 5.41) is 9.54. The first-order valence-corrected chi connectivity index (χ1v) is 10.3. The summed E-state index contributed by atoms with van der Waals surface area (Å²) < 4.78 is 16.6. The van der Waals surface area contributed by atoms with Crippen LogP contribution in [-0.2, 0) is 6.42 Å². The number of carboxylic acids is 1. The largest absolute Gasteiger partial charge is 0.478 e. The highest BCUT2D eigenvalue weighted by Crippen LogP contribution is 2.56. The molecule has 5 rings (SSSR count). The third-order valence-corrected chi connectivity index (χ3v) is 6.65. The molecule has 0 amide bonds. The lowest BCUT2D eigenvalue weighted by Crippen LogP contribution is -2.10. The number of carbonyl (C=O) groups excluding carboxylic acids is 1. The molecular weight excluding hydrogens is 405 g/mol. The Bertz CT molecular complexity index is 1210. The highest BCUT2D eigenvalue weighted by atomic mass is 35.5. The van der Waals surface area contributed by atoms with Gasteiger partial charge in [-0.3, -0.25) is 4.79 Å². The van der Waals surface area contributed by atoms with Crippen molar-refractivity contribution in [2.45, 2.75) is 32.1 Å². The van der Waals surface area contributed by atoms with Gasteiger partial charge < -0.3 is 9.67 Å². The second-order valence-electron chi connectivity index (χ2n) is 8.15. The van der Waals surface area contributed by atoms with Crippen molar-refractivity contribution in [2.75, 3.05) is 0 Å². The van der Waals surface area contributed by atoms with Crippen molar-refractivity contribution in [1.29, 1.82) is 0 Å². The third-order valence-electron chi connectivity index (χ3n) is 6.34. The van der Waals surface area contributed by atoms with Gasteiger partial charge in [-0.2, -0.15) is 0 Å². The molecule has 0 spiro atoms. The molecule has 1 N–H and O–H groups in total. The van der Waals surface area contributed by atoms with E-state index in [1.807, 2.05) is 19.1 Å². The van der Waals surface area contributed by atoms with E-state index >= 15 is 0 Å². The number of rotatable bonds is 4. The van der Waals surface area contributed by atoms with Crippen LogP contribution >= 0.6 is 11.6 Å². The Hall–Kier alpha value is -2.92. The summed E-state index contributed by atoms with van der Waals surface area (Å²) in [4.78, 5) is 24.7. The number of aromatic nitrogens is 1. The Morgan fingerprint density at radius 2 is 2.03 bits per heavy atom. The number of benzene rings is 2. The van der Waals surface area contributed by atoms with Crippen LogP contribution in [0.2, 0.25) is 5.02 Å². The number of aryl methyl sites for hydroxylation is 1. The molecule has 152 valence electrons. The van der Waals surface area contributed by atoms with Crippen molar-refractivity contribution >= 4 is 23.4 Å². The molecule has 0 aliphatic heterocycles. The predicted molar refractivity (Wildman–Crippen MR) is 111 cm³/mol. The van der Waals surface area contributed by atoms with E-state index in [0.717, 1.165) is 42.1 Å². The molecule has 1 aromatic heterocycles. The fraction of sp³-hybridized carbons (Fsp3) is 0.250. The first kappa shape index (κ1) is 19.1. The highest BCUT2D eigenvalue weighted by molar-refractivity contribution is 6.35. The van der Waals surface area contributed by atoms with Gasteiger partial charge >= 0.3 is 5.97 Å². The van der Waals surface area contributed by atoms with E-state index in [9.17, 15) is 14.0 Å². The quantitative estimate of drug-likeness (QED) is 0.559. The first-order chi connectivity index (χ1) is 14.4. The van der Waals surface area contributed by atoms with Gasteiger partial charge in [0.25, 0.3) is 0 Å². The van der Waals surface area contributed by atoms with Gasteiger partial charge in [-0.25, -0.2) is 9.18 Å². The van der Waals surface area contributed by atoms with Gasteiger partial charge in [0.05, 0.1) is 16.3 Å². The number of carbonyl (C=O) groups is 2. The minimum absolute atomic E-state index is 0.107. The van der Waals surface area contributed by atoms with E-state index < -0.39 is 11.8 Å². The molecule has 0 saturated heterocycles. The Morgan fingerprint density at radius 1 is 1.23 bits per heavy atom. The molecule has 6 heteroatoms. The minimum atomic E-state index is -1.18. The molecule has 2 aliphatic rings. The maximum absolute atomic E-state index is 14.9. The Balaban J connectivity index is 1.69. The monoisotopic (exact) mass is 423 g/mol. The lowest BCUT2D eigenvalue weighted by atomic mass is 9.91. The fourth-order valence-corrected chi connectivity index (χ4v) is 5.05. The molecular formula is C24H19ClFNO3. The van der Waals surface area contributed by atoms with Gasteiger partial charge in [-0.15, -0.1) is 0 Å². The summed E-state index contributed by atoms with van der Waals surface area (Å²) >= 11 is 6.35. The number of fused-ring (bicyclic) bond motifs is 3. The van der Waals surface area contributed by atoms with E-state index in [2.05, 4.69) is 0 Å². The number of nitrogens with zero attached hydrogens (tertiary/aromatic N) is 1. The summed E-state index contributed by atoms with van der Waals surface area (Å²) in [5.41, 5.74) is 3.91. The smallest absolute Gasteiger partial charge is 0.335 e. The zero-order valence-corrected chi connectivity index (χ0v) is 17.0. The summed E-state index contributed by atoms with van der Waals surface area (Å²) in [6.07, 6.45) is 4.52. The number of ketones is 1. The van der Waals surface area contributed by atoms with Crippen molar-refractivity contribution in [3.8, 4) is 5.69 Å². The minimum Gasteiger partial charge on any atom is -0.478 e. The molecule has 3 aromatic rings. The van der Waals surface area contributed by atoms with Crippen LogP contribution in [0.1, 0.15) is 61.9 Å². The molecule has 2 atom stereocenters. The van der Waals surface area contributed by atoms with Crippen LogP contribution in [0.25, 0.3) is 5.69 Å². The molecule has 2 aliphatic carbocycles. The van der Waals surface area contributed by atoms with Gasteiger partial charge in [0.1, 0.15) is 5.82 Å². The molecule has 0 radical (unpaired) electrons. The molecule has 2 aromatic carbocycles. The van der Waals surface area contributed by atoms with Crippen molar-refractivity contribution in [3.63, 3.8) is 0 Å². The molecule has 1 saturated carbocycles. The average molecular weight is 424 g/mol. The second kappa shape index (κ2) is 6.81. The summed E-state index contributed by atoms with van der Waals surface area (Å²) in [7, 11) is 0. The van der Waals surface area contributed by atoms with Crippen LogP contribution in [0.3, 0.4) is 0 Å². The predicted octanol–water partition coefficient (Wildman–Crippen LogP) is 5.56. The van der Waals surface area contributed by atoms with Crippen LogP contribution < -0.4 is 0 Å². The van der Waals surface area contributed by atoms with Gasteiger partial charge in [0.15, 0.2) is 5.78 Å². The molecule has 2 unspecified atom stereocenters. The summed E-state index contributed by atoms with van der Waals surface area (Å²) in [5.74, 6) is -1.08. The standard InChI is InChI=1S/C24H19ClFNO3/c1-12-3-2-4-18(25)21(12)23(28)17-11-27(22-15(17)7-5-13-9-16(13)22)20-8-6-14(24(29)30)10-19(20)26/h2-4,6,8,10-11,13,16H,5,7,9H2,1H3,(H,29,30).